The van der Waals surface area contributed by atoms with E-state index in [0.29, 0.717) is 23.3 Å². The number of carbonyl (C=O) groups is 1. The summed E-state index contributed by atoms with van der Waals surface area (Å²) in [5, 5.41) is 12.1. The Kier molecular flexibility index (Phi) is 5.05. The van der Waals surface area contributed by atoms with Crippen molar-refractivity contribution >= 4 is 29.0 Å². The quantitative estimate of drug-likeness (QED) is 0.748. The summed E-state index contributed by atoms with van der Waals surface area (Å²) in [6, 6.07) is 7.52. The second kappa shape index (κ2) is 7.62. The monoisotopic (exact) mass is 384 g/mol. The third-order valence-electron chi connectivity index (χ3n) is 4.91. The molecule has 4 rings (SSSR count). The van der Waals surface area contributed by atoms with Crippen LogP contribution in [0.5, 0.6) is 0 Å². The van der Waals surface area contributed by atoms with Gasteiger partial charge in [0, 0.05) is 18.3 Å². The first-order chi connectivity index (χ1) is 13.1. The van der Waals surface area contributed by atoms with Crippen molar-refractivity contribution in [1.29, 1.82) is 0 Å². The summed E-state index contributed by atoms with van der Waals surface area (Å²) in [5.41, 5.74) is 2.07. The van der Waals surface area contributed by atoms with E-state index in [4.69, 9.17) is 11.6 Å². The van der Waals surface area contributed by atoms with E-state index in [1.807, 2.05) is 12.3 Å². The van der Waals surface area contributed by atoms with E-state index in [-0.39, 0.29) is 5.91 Å². The van der Waals surface area contributed by atoms with Gasteiger partial charge in [0.25, 0.3) is 0 Å². The molecule has 1 saturated heterocycles. The van der Waals surface area contributed by atoms with Crippen LogP contribution >= 0.6 is 11.6 Å². The van der Waals surface area contributed by atoms with E-state index < -0.39 is 0 Å². The molecule has 1 aliphatic rings. The first-order valence-electron chi connectivity index (χ1n) is 9.03. The molecular weight excluding hydrogens is 364 g/mol. The third kappa shape index (κ3) is 4.09. The number of carbonyl (C=O) groups excluding carboxylic acids is 1. The van der Waals surface area contributed by atoms with Crippen molar-refractivity contribution in [3.8, 4) is 0 Å². The zero-order valence-electron chi connectivity index (χ0n) is 15.1. The highest BCUT2D eigenvalue weighted by atomic mass is 35.5. The number of nitrogens with one attached hydrogen (secondary N) is 1. The Labute approximate surface area is 162 Å². The van der Waals surface area contributed by atoms with Gasteiger partial charge in [-0.05, 0) is 62.7 Å². The highest BCUT2D eigenvalue weighted by molar-refractivity contribution is 6.30. The second-order valence-corrected chi connectivity index (χ2v) is 7.39. The Morgan fingerprint density at radius 2 is 2.07 bits per heavy atom. The molecule has 0 unspecified atom stereocenters. The molecule has 1 N–H and O–H groups in total. The Balaban J connectivity index is 1.33. The molecule has 1 aliphatic heterocycles. The summed E-state index contributed by atoms with van der Waals surface area (Å²) in [6.07, 6.45) is 5.48. The Morgan fingerprint density at radius 1 is 1.26 bits per heavy atom. The van der Waals surface area contributed by atoms with Crippen molar-refractivity contribution in [3.63, 3.8) is 0 Å². The van der Waals surface area contributed by atoms with Crippen molar-refractivity contribution < 1.29 is 4.79 Å². The van der Waals surface area contributed by atoms with Crippen molar-refractivity contribution in [1.82, 2.24) is 24.5 Å². The molecule has 1 amide bonds. The minimum absolute atomic E-state index is 0.0633. The average molecular weight is 385 g/mol. The zero-order chi connectivity index (χ0) is 18.8. The van der Waals surface area contributed by atoms with Gasteiger partial charge < -0.3 is 5.32 Å². The average Bonchev–Trinajstić information content (AvgIpc) is 3.07. The van der Waals surface area contributed by atoms with Gasteiger partial charge in [0.2, 0.25) is 5.91 Å². The number of anilines is 1. The fourth-order valence-corrected chi connectivity index (χ4v) is 3.59. The van der Waals surface area contributed by atoms with Crippen LogP contribution in [0.3, 0.4) is 0 Å². The molecule has 4 heterocycles. The standard InChI is InChI=1S/C19H21ClN6O/c1-13-4-9-26-17(10-13)23-24-19(26)14-5-7-25(8-6-14)12-18(27)22-16-3-2-15(20)11-21-16/h2-4,9-11,14H,5-8,12H2,1H3,(H,21,22,27). The van der Waals surface area contributed by atoms with Gasteiger partial charge in [0.05, 0.1) is 11.6 Å². The number of nitrogens with zero attached hydrogens (tertiary/aromatic N) is 5. The number of fused-ring (bicyclic) bond motifs is 1. The summed E-state index contributed by atoms with van der Waals surface area (Å²) in [6.45, 7) is 4.12. The van der Waals surface area contributed by atoms with Crippen molar-refractivity contribution in [2.45, 2.75) is 25.7 Å². The summed E-state index contributed by atoms with van der Waals surface area (Å²) in [4.78, 5) is 18.5. The van der Waals surface area contributed by atoms with Crippen LogP contribution in [0.2, 0.25) is 5.02 Å². The lowest BCUT2D eigenvalue weighted by Gasteiger charge is -2.30. The fraction of sp³-hybridized carbons (Fsp3) is 0.368. The molecule has 0 atom stereocenters. The number of piperidine rings is 1. The van der Waals surface area contributed by atoms with E-state index in [1.165, 1.54) is 11.8 Å². The minimum Gasteiger partial charge on any atom is -0.310 e. The topological polar surface area (TPSA) is 75.4 Å². The minimum atomic E-state index is -0.0633. The van der Waals surface area contributed by atoms with Gasteiger partial charge in [-0.1, -0.05) is 11.6 Å². The molecule has 140 valence electrons. The number of aromatic nitrogens is 4. The Morgan fingerprint density at radius 3 is 2.81 bits per heavy atom. The summed E-state index contributed by atoms with van der Waals surface area (Å²) in [5.74, 6) is 1.83. The number of amides is 1. The number of likely N-dealkylation sites (tertiary alicyclic amines) is 1. The third-order valence-corrected chi connectivity index (χ3v) is 5.13. The predicted octanol–water partition coefficient (Wildman–Crippen LogP) is 2.90. The lowest BCUT2D eigenvalue weighted by atomic mass is 9.96. The van der Waals surface area contributed by atoms with E-state index in [9.17, 15) is 4.79 Å². The molecule has 1 fully saturated rings. The lowest BCUT2D eigenvalue weighted by Crippen LogP contribution is -2.39. The summed E-state index contributed by atoms with van der Waals surface area (Å²) in [7, 11) is 0. The maximum atomic E-state index is 12.2. The highest BCUT2D eigenvalue weighted by Gasteiger charge is 2.25. The number of halogens is 1. The van der Waals surface area contributed by atoms with Crippen LogP contribution < -0.4 is 5.32 Å². The number of hydrogen-bond donors (Lipinski definition) is 1. The van der Waals surface area contributed by atoms with Crippen LogP contribution in [-0.4, -0.2) is 50.0 Å². The maximum absolute atomic E-state index is 12.2. The lowest BCUT2D eigenvalue weighted by molar-refractivity contribution is -0.117. The SMILES string of the molecule is Cc1ccn2c(C3CCN(CC(=O)Nc4ccc(Cl)cn4)CC3)nnc2c1. The van der Waals surface area contributed by atoms with Gasteiger partial charge in [-0.3, -0.25) is 14.1 Å². The summed E-state index contributed by atoms with van der Waals surface area (Å²) < 4.78 is 2.08. The van der Waals surface area contributed by atoms with E-state index >= 15 is 0 Å². The number of aryl methyl sites for hydroxylation is 1. The van der Waals surface area contributed by atoms with Crippen LogP contribution in [0.25, 0.3) is 5.65 Å². The zero-order valence-corrected chi connectivity index (χ0v) is 15.9. The molecule has 27 heavy (non-hydrogen) atoms. The van der Waals surface area contributed by atoms with Crippen molar-refractivity contribution in [3.05, 3.63) is 53.1 Å². The molecule has 0 bridgehead atoms. The largest absolute Gasteiger partial charge is 0.310 e. The maximum Gasteiger partial charge on any atom is 0.239 e. The molecule has 0 saturated carbocycles. The van der Waals surface area contributed by atoms with Crippen molar-refractivity contribution in [2.24, 2.45) is 0 Å². The van der Waals surface area contributed by atoms with Gasteiger partial charge in [-0.25, -0.2) is 4.98 Å². The van der Waals surface area contributed by atoms with E-state index in [2.05, 4.69) is 42.8 Å². The molecule has 0 radical (unpaired) electrons. The molecule has 3 aromatic rings. The molecular formula is C19H21ClN6O. The molecule has 8 heteroatoms. The molecule has 3 aromatic heterocycles. The van der Waals surface area contributed by atoms with Crippen LogP contribution in [0.4, 0.5) is 5.82 Å². The van der Waals surface area contributed by atoms with Crippen LogP contribution in [-0.2, 0) is 4.79 Å². The molecule has 7 nitrogen and oxygen atoms in total. The molecule has 0 aromatic carbocycles. The van der Waals surface area contributed by atoms with Gasteiger partial charge in [-0.15, -0.1) is 10.2 Å². The highest BCUT2D eigenvalue weighted by Crippen LogP contribution is 2.27. The number of hydrogen-bond acceptors (Lipinski definition) is 5. The van der Waals surface area contributed by atoms with Crippen LogP contribution in [0.15, 0.2) is 36.7 Å². The molecule has 0 spiro atoms. The second-order valence-electron chi connectivity index (χ2n) is 6.95. The Hall–Kier alpha value is -2.51. The van der Waals surface area contributed by atoms with E-state index in [0.717, 1.165) is 37.4 Å². The van der Waals surface area contributed by atoms with Crippen molar-refractivity contribution in [2.75, 3.05) is 25.0 Å². The smallest absolute Gasteiger partial charge is 0.239 e. The van der Waals surface area contributed by atoms with Gasteiger partial charge in [0.15, 0.2) is 5.65 Å². The first-order valence-corrected chi connectivity index (χ1v) is 9.41. The summed E-state index contributed by atoms with van der Waals surface area (Å²) >= 11 is 5.81. The van der Waals surface area contributed by atoms with Gasteiger partial charge >= 0.3 is 0 Å². The first kappa shape index (κ1) is 17.9. The molecule has 0 aliphatic carbocycles. The number of pyridine rings is 2. The normalized spacial score (nSPS) is 15.9. The van der Waals surface area contributed by atoms with Crippen LogP contribution in [0.1, 0.15) is 30.1 Å². The van der Waals surface area contributed by atoms with Gasteiger partial charge in [-0.2, -0.15) is 0 Å². The Bertz CT molecular complexity index is 946. The van der Waals surface area contributed by atoms with E-state index in [1.54, 1.807) is 12.1 Å². The fourth-order valence-electron chi connectivity index (χ4n) is 3.47. The van der Waals surface area contributed by atoms with Crippen LogP contribution in [0, 0.1) is 6.92 Å². The van der Waals surface area contributed by atoms with Gasteiger partial charge in [0.1, 0.15) is 11.6 Å². The predicted molar refractivity (Wildman–Crippen MR) is 104 cm³/mol. The number of rotatable bonds is 4.